The molecular formula is C12H21N3O4S2. The fraction of sp³-hybridized carbons (Fsp3) is 0.583. The predicted octanol–water partition coefficient (Wildman–Crippen LogP) is 0.0439. The van der Waals surface area contributed by atoms with E-state index in [1.807, 2.05) is 13.8 Å². The van der Waals surface area contributed by atoms with Gasteiger partial charge in [-0.05, 0) is 12.5 Å². The molecule has 1 amide bonds. The van der Waals surface area contributed by atoms with E-state index in [4.69, 9.17) is 5.14 Å². The number of amides is 1. The molecule has 0 aromatic carbocycles. The van der Waals surface area contributed by atoms with Crippen LogP contribution in [0.5, 0.6) is 0 Å². The second kappa shape index (κ2) is 7.71. The van der Waals surface area contributed by atoms with Crippen LogP contribution in [0.25, 0.3) is 0 Å². The van der Waals surface area contributed by atoms with Gasteiger partial charge in [-0.15, -0.1) is 0 Å². The third-order valence-corrected chi connectivity index (χ3v) is 5.02. The maximum Gasteiger partial charge on any atom is 0.267 e. The molecule has 0 aliphatic rings. The van der Waals surface area contributed by atoms with Gasteiger partial charge < -0.3 is 9.88 Å². The van der Waals surface area contributed by atoms with Crippen molar-refractivity contribution >= 4 is 26.7 Å². The zero-order chi connectivity index (χ0) is 16.0. The van der Waals surface area contributed by atoms with Crippen molar-refractivity contribution in [3.05, 3.63) is 18.0 Å². The Morgan fingerprint density at radius 1 is 1.43 bits per heavy atom. The number of primary sulfonamides is 1. The quantitative estimate of drug-likeness (QED) is 0.699. The van der Waals surface area contributed by atoms with Crippen molar-refractivity contribution in [2.24, 2.45) is 5.14 Å². The molecule has 1 heterocycles. The highest BCUT2D eigenvalue weighted by Gasteiger charge is 2.18. The second-order valence-electron chi connectivity index (χ2n) is 4.49. The Morgan fingerprint density at radius 3 is 2.62 bits per heavy atom. The molecule has 1 rings (SSSR count). The number of nitrogens with one attached hydrogen (secondary N) is 1. The number of sulfonamides is 1. The Balaban J connectivity index is 2.87. The Morgan fingerprint density at radius 2 is 2.10 bits per heavy atom. The van der Waals surface area contributed by atoms with Crippen LogP contribution >= 0.6 is 0 Å². The van der Waals surface area contributed by atoms with E-state index >= 15 is 0 Å². The van der Waals surface area contributed by atoms with Gasteiger partial charge in [0, 0.05) is 41.6 Å². The molecule has 3 N–H and O–H groups in total. The third-order valence-electron chi connectivity index (χ3n) is 2.83. The fourth-order valence-electron chi connectivity index (χ4n) is 1.77. The average Bonchev–Trinajstić information content (AvgIpc) is 2.83. The standard InChI is InChI=1S/C12H21N3O4S2/c1-3-6-15-9-10(21(13,18)19)8-11(15)12(16)14-5-7-20(17)4-2/h8-9H,3-7H2,1-2H3,(H,14,16)(H2,13,18,19). The number of hydrogen-bond acceptors (Lipinski definition) is 4. The maximum absolute atomic E-state index is 12.1. The first-order valence-electron chi connectivity index (χ1n) is 6.65. The molecule has 0 saturated heterocycles. The van der Waals surface area contributed by atoms with Crippen molar-refractivity contribution in [2.45, 2.75) is 31.7 Å². The van der Waals surface area contributed by atoms with E-state index in [1.54, 1.807) is 4.57 Å². The zero-order valence-corrected chi connectivity index (χ0v) is 13.8. The molecule has 0 saturated carbocycles. The van der Waals surface area contributed by atoms with Crippen LogP contribution in [0, 0.1) is 0 Å². The topological polar surface area (TPSA) is 111 Å². The Bertz CT molecular complexity index is 622. The Kier molecular flexibility index (Phi) is 6.56. The summed E-state index contributed by atoms with van der Waals surface area (Å²) in [5.41, 5.74) is 0.239. The normalized spacial score (nSPS) is 13.1. The summed E-state index contributed by atoms with van der Waals surface area (Å²) in [6.07, 6.45) is 2.11. The highest BCUT2D eigenvalue weighted by Crippen LogP contribution is 2.13. The number of hydrogen-bond donors (Lipinski definition) is 2. The summed E-state index contributed by atoms with van der Waals surface area (Å²) in [4.78, 5) is 12.0. The number of carbonyl (C=O) groups is 1. The third kappa shape index (κ3) is 5.25. The van der Waals surface area contributed by atoms with E-state index in [2.05, 4.69) is 5.32 Å². The van der Waals surface area contributed by atoms with Gasteiger partial charge in [-0.3, -0.25) is 9.00 Å². The van der Waals surface area contributed by atoms with Crippen molar-refractivity contribution < 1.29 is 17.4 Å². The molecule has 7 nitrogen and oxygen atoms in total. The van der Waals surface area contributed by atoms with Crippen LogP contribution in [0.4, 0.5) is 0 Å². The van der Waals surface area contributed by atoms with E-state index in [9.17, 15) is 17.4 Å². The number of carbonyl (C=O) groups excluding carboxylic acids is 1. The summed E-state index contributed by atoms with van der Waals surface area (Å²) in [5.74, 6) is 0.516. The second-order valence-corrected chi connectivity index (χ2v) is 7.91. The number of aromatic nitrogens is 1. The number of nitrogens with two attached hydrogens (primary N) is 1. The number of rotatable bonds is 8. The van der Waals surface area contributed by atoms with Gasteiger partial charge in [-0.2, -0.15) is 0 Å². The molecule has 9 heteroatoms. The van der Waals surface area contributed by atoms with Gasteiger partial charge in [-0.1, -0.05) is 13.8 Å². The van der Waals surface area contributed by atoms with Crippen LogP contribution in [0.3, 0.4) is 0 Å². The molecule has 0 bridgehead atoms. The molecule has 0 spiro atoms. The van der Waals surface area contributed by atoms with E-state index in [1.165, 1.54) is 12.3 Å². The number of nitrogens with zero attached hydrogens (tertiary/aromatic N) is 1. The van der Waals surface area contributed by atoms with E-state index in [0.717, 1.165) is 6.42 Å². The van der Waals surface area contributed by atoms with Crippen molar-refractivity contribution in [1.82, 2.24) is 9.88 Å². The highest BCUT2D eigenvalue weighted by molar-refractivity contribution is 7.89. The van der Waals surface area contributed by atoms with E-state index in [0.29, 0.717) is 18.1 Å². The molecule has 0 aliphatic carbocycles. The summed E-state index contributed by atoms with van der Waals surface area (Å²) in [7, 11) is -4.80. The Labute approximate surface area is 127 Å². The van der Waals surface area contributed by atoms with Crippen LogP contribution in [0.1, 0.15) is 30.8 Å². The first-order valence-corrected chi connectivity index (χ1v) is 9.69. The van der Waals surface area contributed by atoms with Crippen LogP contribution in [-0.2, 0) is 27.4 Å². The molecule has 1 unspecified atom stereocenters. The van der Waals surface area contributed by atoms with Gasteiger partial charge in [-0.25, -0.2) is 13.6 Å². The van der Waals surface area contributed by atoms with Crippen molar-refractivity contribution in [3.8, 4) is 0 Å². The summed E-state index contributed by atoms with van der Waals surface area (Å²) in [6, 6.07) is 1.26. The fourth-order valence-corrected chi connectivity index (χ4v) is 2.94. The van der Waals surface area contributed by atoms with Crippen molar-refractivity contribution in [3.63, 3.8) is 0 Å². The van der Waals surface area contributed by atoms with Gasteiger partial charge in [0.2, 0.25) is 10.0 Å². The molecular weight excluding hydrogens is 314 g/mol. The first kappa shape index (κ1) is 17.9. The first-order chi connectivity index (χ1) is 9.79. The lowest BCUT2D eigenvalue weighted by Crippen LogP contribution is -2.29. The molecule has 1 aromatic heterocycles. The monoisotopic (exact) mass is 335 g/mol. The summed E-state index contributed by atoms with van der Waals surface area (Å²) < 4.78 is 35.6. The van der Waals surface area contributed by atoms with Crippen LogP contribution in [-0.4, -0.2) is 41.2 Å². The van der Waals surface area contributed by atoms with Crippen molar-refractivity contribution in [1.29, 1.82) is 0 Å². The molecule has 0 radical (unpaired) electrons. The summed E-state index contributed by atoms with van der Waals surface area (Å²) >= 11 is 0. The zero-order valence-electron chi connectivity index (χ0n) is 12.2. The van der Waals surface area contributed by atoms with Gasteiger partial charge >= 0.3 is 0 Å². The molecule has 1 aromatic rings. The van der Waals surface area contributed by atoms with Crippen LogP contribution in [0.2, 0.25) is 0 Å². The Hall–Kier alpha value is -1.19. The summed E-state index contributed by atoms with van der Waals surface area (Å²) in [6.45, 7) is 4.52. The minimum absolute atomic E-state index is 0.0850. The highest BCUT2D eigenvalue weighted by atomic mass is 32.2. The van der Waals surface area contributed by atoms with Gasteiger partial charge in [0.15, 0.2) is 0 Å². The van der Waals surface area contributed by atoms with E-state index < -0.39 is 26.7 Å². The van der Waals surface area contributed by atoms with E-state index in [-0.39, 0.29) is 17.1 Å². The predicted molar refractivity (Wildman–Crippen MR) is 82.0 cm³/mol. The molecule has 1 atom stereocenters. The summed E-state index contributed by atoms with van der Waals surface area (Å²) in [5, 5.41) is 7.72. The average molecular weight is 335 g/mol. The minimum Gasteiger partial charge on any atom is -0.350 e. The van der Waals surface area contributed by atoms with Crippen molar-refractivity contribution in [2.75, 3.05) is 18.1 Å². The molecule has 120 valence electrons. The molecule has 0 fully saturated rings. The smallest absolute Gasteiger partial charge is 0.267 e. The number of aryl methyl sites for hydroxylation is 1. The van der Waals surface area contributed by atoms with Gasteiger partial charge in [0.05, 0.1) is 0 Å². The van der Waals surface area contributed by atoms with Gasteiger partial charge in [0.1, 0.15) is 10.6 Å². The SMILES string of the molecule is CCCn1cc(S(N)(=O)=O)cc1C(=O)NCCS(=O)CC. The lowest BCUT2D eigenvalue weighted by atomic mass is 10.4. The molecule has 21 heavy (non-hydrogen) atoms. The largest absolute Gasteiger partial charge is 0.350 e. The lowest BCUT2D eigenvalue weighted by molar-refractivity contribution is 0.0946. The van der Waals surface area contributed by atoms with Gasteiger partial charge in [0.25, 0.3) is 5.91 Å². The molecule has 0 aliphatic heterocycles. The van der Waals surface area contributed by atoms with Crippen LogP contribution < -0.4 is 10.5 Å². The lowest BCUT2D eigenvalue weighted by Gasteiger charge is -2.08. The maximum atomic E-state index is 12.1. The van der Waals surface area contributed by atoms with Crippen LogP contribution in [0.15, 0.2) is 17.2 Å². The minimum atomic E-state index is -3.84.